The summed E-state index contributed by atoms with van der Waals surface area (Å²) >= 11 is 0. The number of nitrogens with zero attached hydrogens (tertiary/aromatic N) is 1. The molecule has 0 radical (unpaired) electrons. The number of benzene rings is 1. The first-order chi connectivity index (χ1) is 12.1. The molecule has 3 rings (SSSR count). The number of fused-ring (bicyclic) bond motifs is 1. The minimum atomic E-state index is -0.478. The predicted molar refractivity (Wildman–Crippen MR) is 93.4 cm³/mol. The molecule has 2 heterocycles. The molecule has 128 valence electrons. The van der Waals surface area contributed by atoms with Crippen molar-refractivity contribution >= 4 is 29.0 Å². The van der Waals surface area contributed by atoms with Crippen LogP contribution in [0, 0.1) is 0 Å². The van der Waals surface area contributed by atoms with Gasteiger partial charge in [0.2, 0.25) is 0 Å². The number of amides is 1. The molecule has 0 unspecified atom stereocenters. The second-order valence-corrected chi connectivity index (χ2v) is 5.20. The number of para-hydroxylation sites is 2. The molecular formula is C18H17N3O4. The molecule has 0 fully saturated rings. The number of hydrogen-bond donors (Lipinski definition) is 2. The topological polar surface area (TPSA) is 89.6 Å². The van der Waals surface area contributed by atoms with Gasteiger partial charge in [0.05, 0.1) is 30.5 Å². The third kappa shape index (κ3) is 3.30. The molecule has 1 aliphatic heterocycles. The Morgan fingerprint density at radius 3 is 2.92 bits per heavy atom. The van der Waals surface area contributed by atoms with E-state index in [-0.39, 0.29) is 12.5 Å². The van der Waals surface area contributed by atoms with E-state index < -0.39 is 5.97 Å². The number of anilines is 2. The molecule has 0 atom stereocenters. The van der Waals surface area contributed by atoms with Crippen LogP contribution in [0.1, 0.15) is 22.8 Å². The lowest BCUT2D eigenvalue weighted by molar-refractivity contribution is -0.110. The fourth-order valence-corrected chi connectivity index (χ4v) is 2.45. The highest BCUT2D eigenvalue weighted by molar-refractivity contribution is 6.31. The van der Waals surface area contributed by atoms with E-state index in [1.165, 1.54) is 6.20 Å². The van der Waals surface area contributed by atoms with Crippen LogP contribution in [-0.2, 0) is 9.53 Å². The van der Waals surface area contributed by atoms with Gasteiger partial charge in [-0.05, 0) is 25.1 Å². The molecule has 2 aromatic rings. The average Bonchev–Trinajstić information content (AvgIpc) is 2.94. The van der Waals surface area contributed by atoms with Gasteiger partial charge in [0.1, 0.15) is 11.6 Å². The average molecular weight is 339 g/mol. The van der Waals surface area contributed by atoms with E-state index in [4.69, 9.17) is 9.47 Å². The van der Waals surface area contributed by atoms with E-state index in [1.54, 1.807) is 26.3 Å². The maximum atomic E-state index is 12.2. The molecule has 0 aliphatic carbocycles. The zero-order chi connectivity index (χ0) is 17.8. The van der Waals surface area contributed by atoms with Gasteiger partial charge in [0.15, 0.2) is 0 Å². The van der Waals surface area contributed by atoms with Gasteiger partial charge in [0, 0.05) is 18.0 Å². The fourth-order valence-electron chi connectivity index (χ4n) is 2.45. The summed E-state index contributed by atoms with van der Waals surface area (Å²) < 4.78 is 10.2. The molecule has 1 aromatic carbocycles. The molecule has 0 saturated heterocycles. The Hall–Kier alpha value is -3.35. The van der Waals surface area contributed by atoms with Crippen LogP contribution in [0.15, 0.2) is 42.7 Å². The van der Waals surface area contributed by atoms with Crippen LogP contribution in [0.3, 0.4) is 0 Å². The van der Waals surface area contributed by atoms with Gasteiger partial charge in [-0.15, -0.1) is 0 Å². The van der Waals surface area contributed by atoms with Crippen LogP contribution < -0.4 is 15.4 Å². The highest BCUT2D eigenvalue weighted by Gasteiger charge is 2.27. The van der Waals surface area contributed by atoms with Crippen LogP contribution in [0.4, 0.5) is 11.5 Å². The van der Waals surface area contributed by atoms with Gasteiger partial charge in [-0.3, -0.25) is 4.79 Å². The lowest BCUT2D eigenvalue weighted by Gasteiger charge is -2.08. The number of carbonyl (C=O) groups is 2. The number of pyridine rings is 1. The van der Waals surface area contributed by atoms with E-state index in [2.05, 4.69) is 15.6 Å². The number of hydrogen-bond acceptors (Lipinski definition) is 6. The number of aromatic nitrogens is 1. The highest BCUT2D eigenvalue weighted by Crippen LogP contribution is 2.31. The second-order valence-electron chi connectivity index (χ2n) is 5.20. The third-order valence-electron chi connectivity index (χ3n) is 3.64. The van der Waals surface area contributed by atoms with E-state index in [1.807, 2.05) is 24.3 Å². The molecule has 0 bridgehead atoms. The molecule has 0 spiro atoms. The second kappa shape index (κ2) is 7.04. The van der Waals surface area contributed by atoms with Gasteiger partial charge in [-0.25, -0.2) is 9.78 Å². The van der Waals surface area contributed by atoms with E-state index in [0.29, 0.717) is 34.0 Å². The summed E-state index contributed by atoms with van der Waals surface area (Å²) in [4.78, 5) is 28.2. The van der Waals surface area contributed by atoms with Gasteiger partial charge >= 0.3 is 5.97 Å². The lowest BCUT2D eigenvalue weighted by atomic mass is 10.1. The highest BCUT2D eigenvalue weighted by atomic mass is 16.5. The first-order valence-corrected chi connectivity index (χ1v) is 7.72. The first-order valence-electron chi connectivity index (χ1n) is 7.72. The van der Waals surface area contributed by atoms with Crippen LogP contribution in [-0.4, -0.2) is 30.6 Å². The molecule has 25 heavy (non-hydrogen) atoms. The fraction of sp³-hybridized carbons (Fsp3) is 0.167. The van der Waals surface area contributed by atoms with Crippen LogP contribution in [0.2, 0.25) is 0 Å². The van der Waals surface area contributed by atoms with Crippen LogP contribution in [0.5, 0.6) is 5.75 Å². The Morgan fingerprint density at radius 1 is 1.36 bits per heavy atom. The maximum Gasteiger partial charge on any atom is 0.339 e. The zero-order valence-electron chi connectivity index (χ0n) is 13.8. The molecule has 2 N–H and O–H groups in total. The minimum Gasteiger partial charge on any atom is -0.495 e. The van der Waals surface area contributed by atoms with Crippen molar-refractivity contribution in [1.29, 1.82) is 0 Å². The predicted octanol–water partition coefficient (Wildman–Crippen LogP) is 2.67. The molecule has 1 aliphatic rings. The minimum absolute atomic E-state index is 0.269. The summed E-state index contributed by atoms with van der Waals surface area (Å²) in [6.45, 7) is 2.00. The zero-order valence-corrected chi connectivity index (χ0v) is 13.8. The standard InChI is InChI=1S/C18H17N3O4/c1-3-25-18(23)11-8-12-13(17(22)21-16(12)20-9-11)10-19-14-6-4-5-7-15(14)24-2/h4-10,19H,3H2,1-2H3,(H,20,21,22). The number of carbonyl (C=O) groups excluding carboxylic acids is 2. The largest absolute Gasteiger partial charge is 0.495 e. The molecule has 0 saturated carbocycles. The Balaban J connectivity index is 1.92. The van der Waals surface area contributed by atoms with Gasteiger partial charge in [-0.1, -0.05) is 12.1 Å². The third-order valence-corrected chi connectivity index (χ3v) is 3.64. The number of methoxy groups -OCH3 is 1. The summed E-state index contributed by atoms with van der Waals surface area (Å²) in [7, 11) is 1.57. The normalized spacial score (nSPS) is 14.0. The van der Waals surface area contributed by atoms with Gasteiger partial charge in [-0.2, -0.15) is 0 Å². The Kier molecular flexibility index (Phi) is 4.65. The van der Waals surface area contributed by atoms with E-state index in [9.17, 15) is 9.59 Å². The lowest BCUT2D eigenvalue weighted by Crippen LogP contribution is -2.06. The summed E-state index contributed by atoms with van der Waals surface area (Å²) in [6.07, 6.45) is 2.95. The van der Waals surface area contributed by atoms with Crippen molar-refractivity contribution in [2.75, 3.05) is 24.4 Å². The number of ether oxygens (including phenoxy) is 2. The van der Waals surface area contributed by atoms with E-state index in [0.717, 1.165) is 0 Å². The number of esters is 1. The monoisotopic (exact) mass is 339 g/mol. The first kappa shape index (κ1) is 16.5. The Bertz CT molecular complexity index is 861. The van der Waals surface area contributed by atoms with Crippen molar-refractivity contribution in [2.45, 2.75) is 6.92 Å². The smallest absolute Gasteiger partial charge is 0.339 e. The van der Waals surface area contributed by atoms with Gasteiger partial charge in [0.25, 0.3) is 5.91 Å². The summed E-state index contributed by atoms with van der Waals surface area (Å²) in [5, 5.41) is 5.73. The van der Waals surface area contributed by atoms with Crippen molar-refractivity contribution in [2.24, 2.45) is 0 Å². The summed E-state index contributed by atoms with van der Waals surface area (Å²) in [5.74, 6) is 0.280. The van der Waals surface area contributed by atoms with Crippen LogP contribution >= 0.6 is 0 Å². The van der Waals surface area contributed by atoms with Crippen molar-refractivity contribution < 1.29 is 19.1 Å². The van der Waals surface area contributed by atoms with Crippen molar-refractivity contribution in [1.82, 2.24) is 4.98 Å². The van der Waals surface area contributed by atoms with Crippen molar-refractivity contribution in [3.05, 3.63) is 53.9 Å². The number of nitrogens with one attached hydrogen (secondary N) is 2. The quantitative estimate of drug-likeness (QED) is 0.643. The molecule has 7 nitrogen and oxygen atoms in total. The molecule has 1 aromatic heterocycles. The molecule has 7 heteroatoms. The maximum absolute atomic E-state index is 12.2. The number of rotatable bonds is 5. The molecular weight excluding hydrogens is 322 g/mol. The van der Waals surface area contributed by atoms with E-state index >= 15 is 0 Å². The molecule has 1 amide bonds. The SMILES string of the molecule is CCOC(=O)c1cnc2c(c1)C(=CNc1ccccc1OC)C(=O)N2. The Morgan fingerprint density at radius 2 is 2.16 bits per heavy atom. The van der Waals surface area contributed by atoms with Crippen molar-refractivity contribution in [3.8, 4) is 5.75 Å². The van der Waals surface area contributed by atoms with Crippen LogP contribution in [0.25, 0.3) is 5.57 Å². The van der Waals surface area contributed by atoms with Crippen molar-refractivity contribution in [3.63, 3.8) is 0 Å². The summed E-state index contributed by atoms with van der Waals surface area (Å²) in [5.41, 5.74) is 1.92. The Labute approximate surface area is 144 Å². The summed E-state index contributed by atoms with van der Waals surface area (Å²) in [6, 6.07) is 8.94. The van der Waals surface area contributed by atoms with Gasteiger partial charge < -0.3 is 20.1 Å².